The molecule has 11 heteroatoms. The van der Waals surface area contributed by atoms with Crippen molar-refractivity contribution in [3.63, 3.8) is 0 Å². The summed E-state index contributed by atoms with van der Waals surface area (Å²) in [4.78, 5) is 35.5. The number of esters is 2. The van der Waals surface area contributed by atoms with Crippen molar-refractivity contribution < 1.29 is 38.4 Å². The Morgan fingerprint density at radius 3 is 2.09 bits per heavy atom. The number of allylic oxidation sites excluding steroid dienone is 12. The number of ether oxygens (including phenoxy) is 3. The Hall–Kier alpha value is -4.68. The maximum Gasteiger partial charge on any atom is 0.360 e. The monoisotopic (exact) mass is 770 g/mol. The Labute approximate surface area is 328 Å². The highest BCUT2D eigenvalue weighted by molar-refractivity contribution is 7.09. The molecular weight excluding hydrogens is 717 g/mol. The number of oxazole rings is 1. The first-order chi connectivity index (χ1) is 26.3. The molecule has 4 rings (SSSR count). The summed E-state index contributed by atoms with van der Waals surface area (Å²) in [7, 11) is 1.61. The molecule has 294 valence electrons. The number of nitrogens with zero attached hydrogens (tertiary/aromatic N) is 2. The van der Waals surface area contributed by atoms with E-state index < -0.39 is 47.2 Å². The van der Waals surface area contributed by atoms with Crippen LogP contribution in [-0.4, -0.2) is 69.7 Å². The van der Waals surface area contributed by atoms with Gasteiger partial charge in [0.15, 0.2) is 11.4 Å². The quantitative estimate of drug-likeness (QED) is 0.208. The predicted octanol–water partition coefficient (Wildman–Crippen LogP) is 8.51. The summed E-state index contributed by atoms with van der Waals surface area (Å²) < 4.78 is 23.1. The molecule has 4 bridgehead atoms. The molecule has 2 aliphatic rings. The topological polar surface area (TPSA) is 141 Å². The number of hydrogen-bond acceptors (Lipinski definition) is 11. The van der Waals surface area contributed by atoms with Crippen molar-refractivity contribution in [3.8, 4) is 0 Å². The highest BCUT2D eigenvalue weighted by atomic mass is 32.1. The van der Waals surface area contributed by atoms with Crippen LogP contribution in [0.25, 0.3) is 6.08 Å². The Morgan fingerprint density at radius 1 is 0.818 bits per heavy atom. The number of hydrogen-bond donors (Lipinski definition) is 2. The van der Waals surface area contributed by atoms with Gasteiger partial charge in [-0.1, -0.05) is 125 Å². The van der Waals surface area contributed by atoms with Gasteiger partial charge in [0, 0.05) is 54.6 Å². The zero-order valence-corrected chi connectivity index (χ0v) is 33.5. The standard InChI is InChI=1S/C44H54N2O8S/c1-8-18-35(47)43(3,4)37-23-14-12-10-11-13-22-32(51-7)27-40-46-34(29-55-40)42(50)54-38(44(5,6)36(48)19-9-2)24-17-21-31-26-30(31)20-15-16-25-39-45-33(28-52-39)41(49)53-37/h8-22,25-26,28-30,32,35-38,47-48H,23-24,27H2,1-7H3/b11-10-,14-12-,18-8+,19-9+,20-15+,21-17-,22-13+,25-16-/t30-,32-,35-,36-,37-,38-/m0/s1. The number of fused-ring (bicyclic) bond motifs is 5. The van der Waals surface area contributed by atoms with Crippen molar-refractivity contribution in [2.24, 2.45) is 16.7 Å². The van der Waals surface area contributed by atoms with Gasteiger partial charge in [-0.25, -0.2) is 19.6 Å². The average Bonchev–Trinajstić information content (AvgIpc) is 3.47. The summed E-state index contributed by atoms with van der Waals surface area (Å²) in [6, 6.07) is 0. The fraction of sp³-hybridized carbons (Fsp3) is 0.409. The highest BCUT2D eigenvalue weighted by Gasteiger charge is 2.39. The molecule has 55 heavy (non-hydrogen) atoms. The van der Waals surface area contributed by atoms with E-state index in [1.54, 1.807) is 48.9 Å². The van der Waals surface area contributed by atoms with E-state index in [1.807, 2.05) is 102 Å². The highest BCUT2D eigenvalue weighted by Crippen LogP contribution is 2.35. The molecule has 0 aromatic carbocycles. The number of aliphatic hydroxyl groups is 2. The number of methoxy groups -OCH3 is 1. The van der Waals surface area contributed by atoms with Gasteiger partial charge in [0.2, 0.25) is 5.89 Å². The number of cyclic esters (lactones) is 2. The zero-order valence-electron chi connectivity index (χ0n) is 32.7. The van der Waals surface area contributed by atoms with E-state index in [9.17, 15) is 19.8 Å². The molecule has 0 unspecified atom stereocenters. The van der Waals surface area contributed by atoms with Gasteiger partial charge in [-0.3, -0.25) is 0 Å². The van der Waals surface area contributed by atoms with Crippen molar-refractivity contribution in [2.75, 3.05) is 7.11 Å². The van der Waals surface area contributed by atoms with Crippen LogP contribution >= 0.6 is 11.3 Å². The largest absolute Gasteiger partial charge is 0.457 e. The third-order valence-electron chi connectivity index (χ3n) is 9.72. The van der Waals surface area contributed by atoms with Gasteiger partial charge in [0.05, 0.1) is 23.3 Å². The van der Waals surface area contributed by atoms with Crippen LogP contribution in [0, 0.1) is 16.7 Å². The molecule has 6 atom stereocenters. The second-order valence-corrected chi connectivity index (χ2v) is 15.5. The van der Waals surface area contributed by atoms with E-state index in [4.69, 9.17) is 18.6 Å². The van der Waals surface area contributed by atoms with Crippen molar-refractivity contribution in [2.45, 2.75) is 91.3 Å². The summed E-state index contributed by atoms with van der Waals surface area (Å²) >= 11 is 1.36. The van der Waals surface area contributed by atoms with Crippen LogP contribution in [0.4, 0.5) is 0 Å². The SMILES string of the molecule is C/C=C/[C@H](O)C(C)(C)[C@@H]1C\C=C/C=C\C=C\[C@H](OC)Cc2nc(cs2)C(=O)O[C@H](C(C)(C)[C@@H](O)/C=C/C)C/C=C\C2=C[C@@H]2/C=C/C=C\c2nc(co2)C(=O)O1. The van der Waals surface area contributed by atoms with Crippen LogP contribution in [0.1, 0.15) is 86.3 Å². The average molecular weight is 771 g/mol. The number of aliphatic hydroxyl groups excluding tert-OH is 2. The number of aromatic nitrogens is 2. The number of rotatable bonds is 7. The lowest BCUT2D eigenvalue weighted by atomic mass is 9.79. The summed E-state index contributed by atoms with van der Waals surface area (Å²) in [6.07, 6.45) is 30.6. The van der Waals surface area contributed by atoms with E-state index in [1.165, 1.54) is 17.6 Å². The molecular formula is C44H54N2O8S. The van der Waals surface area contributed by atoms with Crippen LogP contribution < -0.4 is 0 Å². The van der Waals surface area contributed by atoms with Gasteiger partial charge in [0.1, 0.15) is 18.5 Å². The van der Waals surface area contributed by atoms with Crippen LogP contribution in [0.15, 0.2) is 119 Å². The van der Waals surface area contributed by atoms with Crippen LogP contribution in [0.2, 0.25) is 0 Å². The molecule has 2 aromatic heterocycles. The molecule has 2 N–H and O–H groups in total. The van der Waals surface area contributed by atoms with E-state index >= 15 is 0 Å². The van der Waals surface area contributed by atoms with Gasteiger partial charge in [0.25, 0.3) is 0 Å². The second kappa shape index (κ2) is 20.3. The van der Waals surface area contributed by atoms with Crippen LogP contribution in [0.3, 0.4) is 0 Å². The summed E-state index contributed by atoms with van der Waals surface area (Å²) in [5.41, 5.74) is -0.257. The van der Waals surface area contributed by atoms with E-state index in [-0.39, 0.29) is 29.3 Å². The fourth-order valence-electron chi connectivity index (χ4n) is 5.73. The molecule has 10 nitrogen and oxygen atoms in total. The molecule has 2 aromatic rings. The first kappa shape index (κ1) is 43.1. The van der Waals surface area contributed by atoms with Gasteiger partial charge in [-0.15, -0.1) is 11.3 Å². The molecule has 0 saturated heterocycles. The van der Waals surface area contributed by atoms with Crippen molar-refractivity contribution >= 4 is 29.4 Å². The normalized spacial score (nSPS) is 26.8. The Morgan fingerprint density at radius 2 is 1.44 bits per heavy atom. The lowest BCUT2D eigenvalue weighted by Crippen LogP contribution is -2.42. The van der Waals surface area contributed by atoms with Crippen molar-refractivity contribution in [3.05, 3.63) is 137 Å². The Kier molecular flexibility index (Phi) is 15.9. The number of carbonyl (C=O) groups is 2. The van der Waals surface area contributed by atoms with E-state index in [2.05, 4.69) is 16.0 Å². The van der Waals surface area contributed by atoms with Crippen molar-refractivity contribution in [1.29, 1.82) is 0 Å². The molecule has 3 heterocycles. The number of carbonyl (C=O) groups excluding carboxylic acids is 2. The van der Waals surface area contributed by atoms with Crippen LogP contribution in [0.5, 0.6) is 0 Å². The molecule has 1 aliphatic carbocycles. The molecule has 0 radical (unpaired) electrons. The van der Waals surface area contributed by atoms with Gasteiger partial charge >= 0.3 is 11.9 Å². The third kappa shape index (κ3) is 12.4. The predicted molar refractivity (Wildman–Crippen MR) is 216 cm³/mol. The summed E-state index contributed by atoms with van der Waals surface area (Å²) in [5.74, 6) is -0.810. The molecule has 0 spiro atoms. The first-order valence-electron chi connectivity index (χ1n) is 18.5. The van der Waals surface area contributed by atoms with Gasteiger partial charge in [-0.05, 0) is 19.4 Å². The molecule has 0 saturated carbocycles. The Bertz CT molecular complexity index is 1870. The Balaban J connectivity index is 1.58. The van der Waals surface area contributed by atoms with E-state index in [0.29, 0.717) is 19.3 Å². The zero-order chi connectivity index (χ0) is 40.0. The summed E-state index contributed by atoms with van der Waals surface area (Å²) in [5, 5.41) is 24.2. The fourth-order valence-corrected chi connectivity index (χ4v) is 6.53. The smallest absolute Gasteiger partial charge is 0.360 e. The minimum absolute atomic E-state index is 0.0296. The minimum Gasteiger partial charge on any atom is -0.457 e. The van der Waals surface area contributed by atoms with Crippen LogP contribution in [-0.2, 0) is 20.6 Å². The van der Waals surface area contributed by atoms with Crippen molar-refractivity contribution in [1.82, 2.24) is 9.97 Å². The lowest BCUT2D eigenvalue weighted by molar-refractivity contribution is -0.0461. The lowest BCUT2D eigenvalue weighted by Gasteiger charge is -2.36. The maximum absolute atomic E-state index is 13.4. The third-order valence-corrected chi connectivity index (χ3v) is 10.6. The maximum atomic E-state index is 13.4. The van der Waals surface area contributed by atoms with E-state index in [0.717, 1.165) is 10.6 Å². The minimum atomic E-state index is -0.860. The molecule has 1 aliphatic heterocycles. The second-order valence-electron chi connectivity index (χ2n) is 14.6. The first-order valence-corrected chi connectivity index (χ1v) is 19.4. The molecule has 0 fully saturated rings. The van der Waals surface area contributed by atoms with Gasteiger partial charge in [-0.2, -0.15) is 0 Å². The molecule has 0 amide bonds. The number of thiazole rings is 1. The summed E-state index contributed by atoms with van der Waals surface area (Å²) in [6.45, 7) is 11.1. The van der Waals surface area contributed by atoms with Gasteiger partial charge < -0.3 is 28.8 Å².